The summed E-state index contributed by atoms with van der Waals surface area (Å²) in [5.41, 5.74) is 0. The van der Waals surface area contributed by atoms with Crippen LogP contribution in [0.3, 0.4) is 0 Å². The molecular formula is C15H33N3. The van der Waals surface area contributed by atoms with Crippen LogP contribution in [0.25, 0.3) is 0 Å². The second-order valence-corrected chi connectivity index (χ2v) is 5.82. The van der Waals surface area contributed by atoms with E-state index in [4.69, 9.17) is 0 Å². The van der Waals surface area contributed by atoms with Gasteiger partial charge in [-0.25, -0.2) is 0 Å². The molecule has 0 radical (unpaired) electrons. The number of likely N-dealkylation sites (N-methyl/N-ethyl adjacent to an activating group) is 1. The SMILES string of the molecule is CCCN1CCC(C(C)NCCN(C)CC)CC1. The highest BCUT2D eigenvalue weighted by Crippen LogP contribution is 2.20. The number of piperidine rings is 1. The number of hydrogen-bond donors (Lipinski definition) is 1. The van der Waals surface area contributed by atoms with E-state index in [0.29, 0.717) is 6.04 Å². The Bertz CT molecular complexity index is 200. The highest BCUT2D eigenvalue weighted by atomic mass is 15.1. The summed E-state index contributed by atoms with van der Waals surface area (Å²) in [4.78, 5) is 4.98. The van der Waals surface area contributed by atoms with Gasteiger partial charge >= 0.3 is 0 Å². The molecule has 1 fully saturated rings. The van der Waals surface area contributed by atoms with Crippen LogP contribution in [0.15, 0.2) is 0 Å². The summed E-state index contributed by atoms with van der Waals surface area (Å²) in [7, 11) is 2.19. The molecule has 1 rings (SSSR count). The van der Waals surface area contributed by atoms with Crippen molar-refractivity contribution in [3.63, 3.8) is 0 Å². The Morgan fingerprint density at radius 3 is 2.50 bits per heavy atom. The number of hydrogen-bond acceptors (Lipinski definition) is 3. The number of nitrogens with one attached hydrogen (secondary N) is 1. The Labute approximate surface area is 114 Å². The zero-order valence-electron chi connectivity index (χ0n) is 12.9. The second kappa shape index (κ2) is 8.89. The van der Waals surface area contributed by atoms with Crippen molar-refractivity contribution in [3.05, 3.63) is 0 Å². The molecule has 0 amide bonds. The van der Waals surface area contributed by atoms with Crippen LogP contribution >= 0.6 is 0 Å². The fraction of sp³-hybridized carbons (Fsp3) is 1.00. The molecule has 1 aliphatic rings. The first-order chi connectivity index (χ1) is 8.67. The summed E-state index contributed by atoms with van der Waals surface area (Å²) in [5, 5.41) is 3.70. The summed E-state index contributed by atoms with van der Waals surface area (Å²) in [5.74, 6) is 0.880. The van der Waals surface area contributed by atoms with Gasteiger partial charge in [-0.1, -0.05) is 13.8 Å². The Kier molecular flexibility index (Phi) is 7.87. The standard InChI is InChI=1S/C15H33N3/c1-5-10-18-11-7-15(8-12-18)14(3)16-9-13-17(4)6-2/h14-16H,5-13H2,1-4H3. The van der Waals surface area contributed by atoms with Gasteiger partial charge in [-0.05, 0) is 65.3 Å². The summed E-state index contributed by atoms with van der Waals surface area (Å²) >= 11 is 0. The van der Waals surface area contributed by atoms with Crippen LogP contribution in [0.5, 0.6) is 0 Å². The van der Waals surface area contributed by atoms with Gasteiger partial charge in [0.25, 0.3) is 0 Å². The van der Waals surface area contributed by atoms with Gasteiger partial charge < -0.3 is 15.1 Å². The maximum atomic E-state index is 3.70. The van der Waals surface area contributed by atoms with E-state index in [2.05, 4.69) is 42.9 Å². The van der Waals surface area contributed by atoms with Crippen LogP contribution in [0.1, 0.15) is 40.0 Å². The van der Waals surface area contributed by atoms with E-state index in [9.17, 15) is 0 Å². The minimum absolute atomic E-state index is 0.680. The lowest BCUT2D eigenvalue weighted by atomic mass is 9.90. The van der Waals surface area contributed by atoms with Gasteiger partial charge in [0.1, 0.15) is 0 Å². The predicted molar refractivity (Wildman–Crippen MR) is 80.1 cm³/mol. The molecule has 0 aromatic heterocycles. The smallest absolute Gasteiger partial charge is 0.0104 e. The van der Waals surface area contributed by atoms with Crippen molar-refractivity contribution in [2.24, 2.45) is 5.92 Å². The van der Waals surface area contributed by atoms with Gasteiger partial charge in [-0.15, -0.1) is 0 Å². The molecule has 108 valence electrons. The molecule has 1 heterocycles. The van der Waals surface area contributed by atoms with E-state index in [0.717, 1.165) is 25.6 Å². The molecule has 3 heteroatoms. The largest absolute Gasteiger partial charge is 0.313 e. The third kappa shape index (κ3) is 5.68. The fourth-order valence-corrected chi connectivity index (χ4v) is 2.80. The Balaban J connectivity index is 2.13. The Morgan fingerprint density at radius 2 is 1.94 bits per heavy atom. The van der Waals surface area contributed by atoms with E-state index >= 15 is 0 Å². The van der Waals surface area contributed by atoms with E-state index in [1.54, 1.807) is 0 Å². The van der Waals surface area contributed by atoms with Crippen molar-refractivity contribution < 1.29 is 0 Å². The molecule has 0 aromatic carbocycles. The molecule has 1 N–H and O–H groups in total. The summed E-state index contributed by atoms with van der Waals surface area (Å²) < 4.78 is 0. The molecule has 0 aromatic rings. The molecule has 0 aliphatic carbocycles. The van der Waals surface area contributed by atoms with Crippen LogP contribution in [0, 0.1) is 5.92 Å². The first-order valence-electron chi connectivity index (χ1n) is 7.81. The normalized spacial score (nSPS) is 20.5. The Hall–Kier alpha value is -0.120. The number of likely N-dealkylation sites (tertiary alicyclic amines) is 1. The molecule has 0 spiro atoms. The van der Waals surface area contributed by atoms with Crippen molar-refractivity contribution in [2.45, 2.75) is 46.1 Å². The molecule has 1 atom stereocenters. The first kappa shape index (κ1) is 15.9. The maximum absolute atomic E-state index is 3.70. The molecule has 1 aliphatic heterocycles. The molecule has 1 saturated heterocycles. The third-order valence-corrected chi connectivity index (χ3v) is 4.38. The van der Waals surface area contributed by atoms with Crippen LogP contribution in [0.4, 0.5) is 0 Å². The highest BCUT2D eigenvalue weighted by molar-refractivity contribution is 4.79. The first-order valence-corrected chi connectivity index (χ1v) is 7.81. The van der Waals surface area contributed by atoms with Crippen LogP contribution in [-0.4, -0.2) is 62.2 Å². The number of rotatable bonds is 8. The summed E-state index contributed by atoms with van der Waals surface area (Å²) in [6, 6.07) is 0.680. The molecule has 0 saturated carbocycles. The topological polar surface area (TPSA) is 18.5 Å². The summed E-state index contributed by atoms with van der Waals surface area (Å²) in [6.07, 6.45) is 4.04. The van der Waals surface area contributed by atoms with Gasteiger partial charge in [-0.2, -0.15) is 0 Å². The van der Waals surface area contributed by atoms with Crippen molar-refractivity contribution in [3.8, 4) is 0 Å². The maximum Gasteiger partial charge on any atom is 0.0104 e. The van der Waals surface area contributed by atoms with Gasteiger partial charge in [0.15, 0.2) is 0 Å². The Morgan fingerprint density at radius 1 is 1.28 bits per heavy atom. The van der Waals surface area contributed by atoms with Crippen molar-refractivity contribution >= 4 is 0 Å². The second-order valence-electron chi connectivity index (χ2n) is 5.82. The lowest BCUT2D eigenvalue weighted by molar-refractivity contribution is 0.161. The summed E-state index contributed by atoms with van der Waals surface area (Å²) in [6.45, 7) is 14.2. The van der Waals surface area contributed by atoms with Crippen LogP contribution < -0.4 is 5.32 Å². The average molecular weight is 255 g/mol. The predicted octanol–water partition coefficient (Wildman–Crippen LogP) is 2.04. The zero-order chi connectivity index (χ0) is 13.4. The molecule has 1 unspecified atom stereocenters. The van der Waals surface area contributed by atoms with Crippen molar-refractivity contribution in [1.82, 2.24) is 15.1 Å². The molecule has 18 heavy (non-hydrogen) atoms. The van der Waals surface area contributed by atoms with E-state index in [1.165, 1.54) is 38.9 Å². The molecular weight excluding hydrogens is 222 g/mol. The van der Waals surface area contributed by atoms with Gasteiger partial charge in [0, 0.05) is 19.1 Å². The number of nitrogens with zero attached hydrogens (tertiary/aromatic N) is 2. The fourth-order valence-electron chi connectivity index (χ4n) is 2.80. The average Bonchev–Trinajstić information content (AvgIpc) is 2.39. The minimum atomic E-state index is 0.680. The van der Waals surface area contributed by atoms with Crippen LogP contribution in [-0.2, 0) is 0 Å². The van der Waals surface area contributed by atoms with Gasteiger partial charge in [0.2, 0.25) is 0 Å². The monoisotopic (exact) mass is 255 g/mol. The van der Waals surface area contributed by atoms with E-state index in [1.807, 2.05) is 0 Å². The van der Waals surface area contributed by atoms with Crippen LogP contribution in [0.2, 0.25) is 0 Å². The quantitative estimate of drug-likeness (QED) is 0.716. The molecule has 3 nitrogen and oxygen atoms in total. The minimum Gasteiger partial charge on any atom is -0.313 e. The lowest BCUT2D eigenvalue weighted by Crippen LogP contribution is -2.43. The lowest BCUT2D eigenvalue weighted by Gasteiger charge is -2.35. The zero-order valence-corrected chi connectivity index (χ0v) is 12.9. The highest BCUT2D eigenvalue weighted by Gasteiger charge is 2.22. The third-order valence-electron chi connectivity index (χ3n) is 4.38. The van der Waals surface area contributed by atoms with Crippen molar-refractivity contribution in [2.75, 3.05) is 46.3 Å². The van der Waals surface area contributed by atoms with Gasteiger partial charge in [0.05, 0.1) is 0 Å². The van der Waals surface area contributed by atoms with Gasteiger partial charge in [-0.3, -0.25) is 0 Å². The van der Waals surface area contributed by atoms with E-state index in [-0.39, 0.29) is 0 Å². The molecule has 0 bridgehead atoms. The van der Waals surface area contributed by atoms with Crippen molar-refractivity contribution in [1.29, 1.82) is 0 Å². The van der Waals surface area contributed by atoms with E-state index < -0.39 is 0 Å².